The Balaban J connectivity index is 2.50. The molecule has 0 aliphatic heterocycles. The molecular weight excluding hydrogens is 188 g/mol. The molecule has 0 bridgehead atoms. The van der Waals surface area contributed by atoms with Crippen molar-refractivity contribution in [1.29, 1.82) is 0 Å². The molecule has 0 saturated carbocycles. The number of carbonyl (C=O) groups is 1. The largest absolute Gasteiger partial charge is 0.478 e. The van der Waals surface area contributed by atoms with Gasteiger partial charge in [-0.25, -0.2) is 4.79 Å². The summed E-state index contributed by atoms with van der Waals surface area (Å²) in [5.74, 6) is -0.864. The van der Waals surface area contributed by atoms with Crippen molar-refractivity contribution in [2.24, 2.45) is 0 Å². The van der Waals surface area contributed by atoms with E-state index >= 15 is 0 Å². The normalized spacial score (nSPS) is 11.5. The van der Waals surface area contributed by atoms with Crippen molar-refractivity contribution in [3.8, 4) is 0 Å². The highest BCUT2D eigenvalue weighted by Crippen LogP contribution is 2.09. The molecule has 0 spiro atoms. The second-order valence-electron chi connectivity index (χ2n) is 3.81. The lowest BCUT2D eigenvalue weighted by molar-refractivity contribution is -0.131. The van der Waals surface area contributed by atoms with Gasteiger partial charge in [-0.15, -0.1) is 0 Å². The van der Waals surface area contributed by atoms with E-state index < -0.39 is 5.97 Å². The molecule has 0 amide bonds. The SMILES string of the molecule is C/C(=C\C(=O)O)CCc1ccc(C)cc1. The van der Waals surface area contributed by atoms with Crippen molar-refractivity contribution in [2.45, 2.75) is 26.7 Å². The van der Waals surface area contributed by atoms with Crippen LogP contribution in [-0.2, 0) is 11.2 Å². The predicted octanol–water partition coefficient (Wildman–Crippen LogP) is 2.96. The average molecular weight is 204 g/mol. The van der Waals surface area contributed by atoms with Crippen LogP contribution in [0, 0.1) is 6.92 Å². The summed E-state index contributed by atoms with van der Waals surface area (Å²) in [4.78, 5) is 10.4. The minimum absolute atomic E-state index is 0.801. The summed E-state index contributed by atoms with van der Waals surface area (Å²) < 4.78 is 0. The van der Waals surface area contributed by atoms with Crippen LogP contribution in [0.2, 0.25) is 0 Å². The van der Waals surface area contributed by atoms with Crippen molar-refractivity contribution in [2.75, 3.05) is 0 Å². The second kappa shape index (κ2) is 5.35. The maximum Gasteiger partial charge on any atom is 0.328 e. The van der Waals surface area contributed by atoms with Crippen molar-refractivity contribution in [1.82, 2.24) is 0 Å². The molecule has 0 aliphatic carbocycles. The maximum atomic E-state index is 10.4. The number of aryl methyl sites for hydroxylation is 2. The molecular formula is C13H16O2. The molecule has 0 aromatic heterocycles. The van der Waals surface area contributed by atoms with Gasteiger partial charge in [-0.1, -0.05) is 35.4 Å². The Morgan fingerprint density at radius 3 is 2.47 bits per heavy atom. The maximum absolute atomic E-state index is 10.4. The summed E-state index contributed by atoms with van der Waals surface area (Å²) in [7, 11) is 0. The highest BCUT2D eigenvalue weighted by Gasteiger charge is 1.96. The third-order valence-corrected chi connectivity index (χ3v) is 2.30. The van der Waals surface area contributed by atoms with E-state index in [2.05, 4.69) is 31.2 Å². The fourth-order valence-corrected chi connectivity index (χ4v) is 1.38. The van der Waals surface area contributed by atoms with E-state index in [1.165, 1.54) is 17.2 Å². The third kappa shape index (κ3) is 4.45. The van der Waals surface area contributed by atoms with E-state index in [4.69, 9.17) is 5.11 Å². The van der Waals surface area contributed by atoms with E-state index in [-0.39, 0.29) is 0 Å². The van der Waals surface area contributed by atoms with Gasteiger partial charge in [0.2, 0.25) is 0 Å². The lowest BCUT2D eigenvalue weighted by Gasteiger charge is -2.02. The van der Waals surface area contributed by atoms with Crippen LogP contribution in [0.5, 0.6) is 0 Å². The Labute approximate surface area is 90.3 Å². The standard InChI is InChI=1S/C13H16O2/c1-10-3-6-12(7-4-10)8-5-11(2)9-13(14)15/h3-4,6-7,9H,5,8H2,1-2H3,(H,14,15)/b11-9+. The number of allylic oxidation sites excluding steroid dienone is 1. The molecule has 0 aliphatic rings. The molecule has 0 atom stereocenters. The summed E-state index contributed by atoms with van der Waals surface area (Å²) in [5, 5.41) is 8.54. The fourth-order valence-electron chi connectivity index (χ4n) is 1.38. The molecule has 1 aromatic carbocycles. The third-order valence-electron chi connectivity index (χ3n) is 2.30. The molecule has 2 heteroatoms. The molecule has 0 heterocycles. The topological polar surface area (TPSA) is 37.3 Å². The summed E-state index contributed by atoms with van der Waals surface area (Å²) in [6.45, 7) is 3.90. The first-order valence-electron chi connectivity index (χ1n) is 5.03. The number of carboxylic acids is 1. The Bertz CT molecular complexity index is 361. The highest BCUT2D eigenvalue weighted by molar-refractivity contribution is 5.80. The van der Waals surface area contributed by atoms with E-state index in [1.807, 2.05) is 6.92 Å². The molecule has 1 aromatic rings. The van der Waals surface area contributed by atoms with Gasteiger partial charge >= 0.3 is 5.97 Å². The van der Waals surface area contributed by atoms with Crippen LogP contribution in [0.4, 0.5) is 0 Å². The predicted molar refractivity (Wildman–Crippen MR) is 60.9 cm³/mol. The van der Waals surface area contributed by atoms with Gasteiger partial charge < -0.3 is 5.11 Å². The zero-order chi connectivity index (χ0) is 11.3. The van der Waals surface area contributed by atoms with Crippen LogP contribution >= 0.6 is 0 Å². The van der Waals surface area contributed by atoms with E-state index in [0.717, 1.165) is 18.4 Å². The number of aliphatic carboxylic acids is 1. The van der Waals surface area contributed by atoms with Crippen molar-refractivity contribution in [3.63, 3.8) is 0 Å². The number of hydrogen-bond donors (Lipinski definition) is 1. The van der Waals surface area contributed by atoms with Crippen LogP contribution in [0.25, 0.3) is 0 Å². The summed E-state index contributed by atoms with van der Waals surface area (Å²) in [6.07, 6.45) is 2.97. The zero-order valence-corrected chi connectivity index (χ0v) is 9.16. The zero-order valence-electron chi connectivity index (χ0n) is 9.16. The smallest absolute Gasteiger partial charge is 0.328 e. The summed E-state index contributed by atoms with van der Waals surface area (Å²) in [5.41, 5.74) is 3.40. The minimum Gasteiger partial charge on any atom is -0.478 e. The first kappa shape index (κ1) is 11.5. The van der Waals surface area contributed by atoms with Gasteiger partial charge in [-0.2, -0.15) is 0 Å². The Morgan fingerprint density at radius 2 is 1.93 bits per heavy atom. The van der Waals surface area contributed by atoms with Gasteiger partial charge in [0.15, 0.2) is 0 Å². The van der Waals surface area contributed by atoms with E-state index in [1.54, 1.807) is 0 Å². The van der Waals surface area contributed by atoms with Crippen LogP contribution in [0.3, 0.4) is 0 Å². The monoisotopic (exact) mass is 204 g/mol. The second-order valence-corrected chi connectivity index (χ2v) is 3.81. The minimum atomic E-state index is -0.864. The van der Waals surface area contributed by atoms with Crippen LogP contribution in [0.1, 0.15) is 24.5 Å². The van der Waals surface area contributed by atoms with Gasteiger partial charge in [0, 0.05) is 6.08 Å². The molecule has 1 N–H and O–H groups in total. The van der Waals surface area contributed by atoms with E-state index in [0.29, 0.717) is 0 Å². The average Bonchev–Trinajstić information content (AvgIpc) is 2.16. The molecule has 0 radical (unpaired) electrons. The van der Waals surface area contributed by atoms with Gasteiger partial charge in [0.05, 0.1) is 0 Å². The number of carboxylic acid groups (broad SMARTS) is 1. The lowest BCUT2D eigenvalue weighted by atomic mass is 10.0. The van der Waals surface area contributed by atoms with Crippen molar-refractivity contribution in [3.05, 3.63) is 47.0 Å². The summed E-state index contributed by atoms with van der Waals surface area (Å²) in [6, 6.07) is 8.32. The first-order chi connectivity index (χ1) is 7.08. The molecule has 0 saturated heterocycles. The molecule has 80 valence electrons. The molecule has 0 unspecified atom stereocenters. The summed E-state index contributed by atoms with van der Waals surface area (Å²) >= 11 is 0. The van der Waals surface area contributed by atoms with Gasteiger partial charge in [-0.05, 0) is 32.3 Å². The molecule has 15 heavy (non-hydrogen) atoms. The molecule has 0 fully saturated rings. The number of hydrogen-bond acceptors (Lipinski definition) is 1. The van der Waals surface area contributed by atoms with Gasteiger partial charge in [0.1, 0.15) is 0 Å². The van der Waals surface area contributed by atoms with Crippen LogP contribution < -0.4 is 0 Å². The number of rotatable bonds is 4. The van der Waals surface area contributed by atoms with Gasteiger partial charge in [-0.3, -0.25) is 0 Å². The molecule has 1 rings (SSSR count). The van der Waals surface area contributed by atoms with E-state index in [9.17, 15) is 4.79 Å². The van der Waals surface area contributed by atoms with Crippen molar-refractivity contribution < 1.29 is 9.90 Å². The Kier molecular flexibility index (Phi) is 4.10. The number of benzene rings is 1. The molecule has 2 nitrogen and oxygen atoms in total. The lowest BCUT2D eigenvalue weighted by Crippen LogP contribution is -1.92. The van der Waals surface area contributed by atoms with Crippen LogP contribution in [-0.4, -0.2) is 11.1 Å². The fraction of sp³-hybridized carbons (Fsp3) is 0.308. The Hall–Kier alpha value is -1.57. The first-order valence-corrected chi connectivity index (χ1v) is 5.03. The highest BCUT2D eigenvalue weighted by atomic mass is 16.4. The Morgan fingerprint density at radius 1 is 1.33 bits per heavy atom. The quantitative estimate of drug-likeness (QED) is 0.765. The van der Waals surface area contributed by atoms with Crippen molar-refractivity contribution >= 4 is 5.97 Å². The van der Waals surface area contributed by atoms with Crippen LogP contribution in [0.15, 0.2) is 35.9 Å². The van der Waals surface area contributed by atoms with Gasteiger partial charge in [0.25, 0.3) is 0 Å².